The molecule has 0 spiro atoms. The van der Waals surface area contributed by atoms with Gasteiger partial charge in [0, 0.05) is 37.2 Å². The van der Waals surface area contributed by atoms with Crippen molar-refractivity contribution in [3.63, 3.8) is 0 Å². The van der Waals surface area contributed by atoms with Crippen LogP contribution in [-0.4, -0.2) is 46.0 Å². The Labute approximate surface area is 170 Å². The summed E-state index contributed by atoms with van der Waals surface area (Å²) in [6, 6.07) is 9.79. The fourth-order valence-corrected chi connectivity index (χ4v) is 4.09. The molecule has 7 nitrogen and oxygen atoms in total. The van der Waals surface area contributed by atoms with Gasteiger partial charge in [-0.2, -0.15) is 5.10 Å². The molecule has 1 N–H and O–H groups in total. The second kappa shape index (κ2) is 7.48. The van der Waals surface area contributed by atoms with E-state index in [2.05, 4.69) is 34.1 Å². The normalized spacial score (nSPS) is 19.6. The van der Waals surface area contributed by atoms with Crippen LogP contribution in [0.5, 0.6) is 0 Å². The Morgan fingerprint density at radius 1 is 1.14 bits per heavy atom. The molecule has 0 aliphatic carbocycles. The lowest BCUT2D eigenvalue weighted by Gasteiger charge is -2.36. The highest BCUT2D eigenvalue weighted by Crippen LogP contribution is 2.25. The minimum absolute atomic E-state index is 0.155. The highest BCUT2D eigenvalue weighted by atomic mass is 16.5. The third-order valence-electron chi connectivity index (χ3n) is 5.25. The molecule has 2 unspecified atom stereocenters. The van der Waals surface area contributed by atoms with E-state index in [0.29, 0.717) is 5.56 Å². The lowest BCUT2D eigenvalue weighted by atomic mass is 10.1. The predicted octanol–water partition coefficient (Wildman–Crippen LogP) is 3.45. The molecule has 3 heterocycles. The second-order valence-corrected chi connectivity index (χ2v) is 7.88. The molecule has 0 radical (unpaired) electrons. The monoisotopic (exact) mass is 393 g/mol. The van der Waals surface area contributed by atoms with Gasteiger partial charge in [-0.3, -0.25) is 9.48 Å². The van der Waals surface area contributed by atoms with E-state index in [1.807, 2.05) is 51.2 Å². The number of morpholine rings is 1. The van der Waals surface area contributed by atoms with Crippen molar-refractivity contribution in [2.75, 3.05) is 23.3 Å². The van der Waals surface area contributed by atoms with Crippen LogP contribution in [-0.2, 0) is 11.8 Å². The lowest BCUT2D eigenvalue weighted by molar-refractivity contribution is -0.00521. The van der Waals surface area contributed by atoms with E-state index in [1.165, 1.54) is 0 Å². The van der Waals surface area contributed by atoms with Gasteiger partial charge in [0.25, 0.3) is 5.91 Å². The van der Waals surface area contributed by atoms with Crippen molar-refractivity contribution in [2.24, 2.45) is 7.05 Å². The minimum Gasteiger partial charge on any atom is -0.372 e. The molecule has 0 saturated carbocycles. The molecule has 4 rings (SSSR count). The van der Waals surface area contributed by atoms with Crippen LogP contribution in [0.25, 0.3) is 11.0 Å². The number of rotatable bonds is 3. The molecule has 1 saturated heterocycles. The minimum atomic E-state index is -0.155. The summed E-state index contributed by atoms with van der Waals surface area (Å²) in [6.45, 7) is 9.70. The first kappa shape index (κ1) is 19.4. The molecule has 0 bridgehead atoms. The van der Waals surface area contributed by atoms with E-state index in [1.54, 1.807) is 4.68 Å². The smallest absolute Gasteiger partial charge is 0.256 e. The fraction of sp³-hybridized carbons (Fsp3) is 0.409. The van der Waals surface area contributed by atoms with E-state index in [9.17, 15) is 4.79 Å². The zero-order chi connectivity index (χ0) is 20.7. The topological polar surface area (TPSA) is 72.3 Å². The van der Waals surface area contributed by atoms with Crippen molar-refractivity contribution in [2.45, 2.75) is 39.9 Å². The third kappa shape index (κ3) is 3.82. The van der Waals surface area contributed by atoms with Crippen LogP contribution in [0.4, 0.5) is 11.4 Å². The van der Waals surface area contributed by atoms with Crippen LogP contribution in [0.2, 0.25) is 0 Å². The number of ether oxygens (including phenoxy) is 1. The molecule has 1 aromatic carbocycles. The summed E-state index contributed by atoms with van der Waals surface area (Å²) in [5, 5.41) is 8.23. The molecule has 152 valence electrons. The van der Waals surface area contributed by atoms with Gasteiger partial charge in [-0.25, -0.2) is 4.98 Å². The molecular formula is C22H27N5O2. The maximum absolute atomic E-state index is 13.0. The van der Waals surface area contributed by atoms with Gasteiger partial charge in [0.1, 0.15) is 0 Å². The SMILES string of the molecule is Cc1cc(C(=O)Nc2ccc(N3CC(C)OC(C)C3)cc2)c2c(C)nn(C)c2n1. The zero-order valence-electron chi connectivity index (χ0n) is 17.6. The van der Waals surface area contributed by atoms with Crippen LogP contribution < -0.4 is 10.2 Å². The number of benzene rings is 1. The first-order valence-electron chi connectivity index (χ1n) is 9.94. The van der Waals surface area contributed by atoms with E-state index in [4.69, 9.17) is 4.74 Å². The first-order valence-corrected chi connectivity index (χ1v) is 9.94. The average molecular weight is 393 g/mol. The molecule has 3 aromatic rings. The maximum atomic E-state index is 13.0. The van der Waals surface area contributed by atoms with Crippen molar-refractivity contribution >= 4 is 28.3 Å². The van der Waals surface area contributed by atoms with Crippen LogP contribution >= 0.6 is 0 Å². The lowest BCUT2D eigenvalue weighted by Crippen LogP contribution is -2.45. The molecular weight excluding hydrogens is 366 g/mol. The van der Waals surface area contributed by atoms with E-state index in [0.717, 1.165) is 46.9 Å². The number of carbonyl (C=O) groups is 1. The van der Waals surface area contributed by atoms with Crippen LogP contribution in [0.1, 0.15) is 35.6 Å². The molecule has 1 amide bonds. The standard InChI is InChI=1S/C22H27N5O2/c1-13-10-19(20-16(4)25-26(5)21(20)23-13)22(28)24-17-6-8-18(9-7-17)27-11-14(2)29-15(3)12-27/h6-10,14-15H,11-12H2,1-5H3,(H,24,28). The first-order chi connectivity index (χ1) is 13.8. The van der Waals surface area contributed by atoms with Gasteiger partial charge in [0.05, 0.1) is 28.9 Å². The Bertz CT molecular complexity index is 1050. The number of carbonyl (C=O) groups excluding carboxylic acids is 1. The number of amides is 1. The van der Waals surface area contributed by atoms with Gasteiger partial charge in [-0.15, -0.1) is 0 Å². The number of anilines is 2. The predicted molar refractivity (Wildman–Crippen MR) is 115 cm³/mol. The van der Waals surface area contributed by atoms with Crippen LogP contribution in [0.15, 0.2) is 30.3 Å². The van der Waals surface area contributed by atoms with Gasteiger partial charge in [0.2, 0.25) is 0 Å². The summed E-state index contributed by atoms with van der Waals surface area (Å²) in [5.41, 5.74) is 4.80. The van der Waals surface area contributed by atoms with Gasteiger partial charge < -0.3 is 15.0 Å². The molecule has 7 heteroatoms. The van der Waals surface area contributed by atoms with Crippen molar-refractivity contribution in [3.05, 3.63) is 47.3 Å². The van der Waals surface area contributed by atoms with Gasteiger partial charge >= 0.3 is 0 Å². The molecule has 2 aromatic heterocycles. The number of pyridine rings is 1. The van der Waals surface area contributed by atoms with E-state index in [-0.39, 0.29) is 18.1 Å². The number of aryl methyl sites for hydroxylation is 3. The van der Waals surface area contributed by atoms with Crippen molar-refractivity contribution in [1.29, 1.82) is 0 Å². The Morgan fingerprint density at radius 3 is 2.45 bits per heavy atom. The van der Waals surface area contributed by atoms with Gasteiger partial charge in [-0.1, -0.05) is 0 Å². The molecule has 2 atom stereocenters. The molecule has 1 aliphatic rings. The number of hydrogen-bond acceptors (Lipinski definition) is 5. The second-order valence-electron chi connectivity index (χ2n) is 7.88. The summed E-state index contributed by atoms with van der Waals surface area (Å²) < 4.78 is 7.52. The maximum Gasteiger partial charge on any atom is 0.256 e. The average Bonchev–Trinajstić information content (AvgIpc) is 2.94. The summed E-state index contributed by atoms with van der Waals surface area (Å²) in [5.74, 6) is -0.155. The largest absolute Gasteiger partial charge is 0.372 e. The number of nitrogens with zero attached hydrogens (tertiary/aromatic N) is 4. The number of hydrogen-bond donors (Lipinski definition) is 1. The number of aromatic nitrogens is 3. The Balaban J connectivity index is 1.56. The number of nitrogens with one attached hydrogen (secondary N) is 1. The van der Waals surface area contributed by atoms with Crippen LogP contribution in [0.3, 0.4) is 0 Å². The fourth-order valence-electron chi connectivity index (χ4n) is 4.09. The molecule has 29 heavy (non-hydrogen) atoms. The molecule has 1 fully saturated rings. The highest BCUT2D eigenvalue weighted by molar-refractivity contribution is 6.12. The number of fused-ring (bicyclic) bond motifs is 1. The highest BCUT2D eigenvalue weighted by Gasteiger charge is 2.22. The van der Waals surface area contributed by atoms with E-state index >= 15 is 0 Å². The van der Waals surface area contributed by atoms with Crippen molar-refractivity contribution < 1.29 is 9.53 Å². The summed E-state index contributed by atoms with van der Waals surface area (Å²) in [4.78, 5) is 19.9. The van der Waals surface area contributed by atoms with Gasteiger partial charge in [-0.05, 0) is 58.0 Å². The van der Waals surface area contributed by atoms with Gasteiger partial charge in [0.15, 0.2) is 5.65 Å². The van der Waals surface area contributed by atoms with E-state index < -0.39 is 0 Å². The summed E-state index contributed by atoms with van der Waals surface area (Å²) in [6.07, 6.45) is 0.413. The third-order valence-corrected chi connectivity index (χ3v) is 5.25. The molecule has 1 aliphatic heterocycles. The van der Waals surface area contributed by atoms with Crippen molar-refractivity contribution in [3.8, 4) is 0 Å². The Morgan fingerprint density at radius 2 is 1.79 bits per heavy atom. The quantitative estimate of drug-likeness (QED) is 0.738. The zero-order valence-corrected chi connectivity index (χ0v) is 17.6. The van der Waals surface area contributed by atoms with Crippen molar-refractivity contribution in [1.82, 2.24) is 14.8 Å². The van der Waals surface area contributed by atoms with Crippen LogP contribution in [0, 0.1) is 13.8 Å². The Kier molecular flexibility index (Phi) is 5.00. The Hall–Kier alpha value is -2.93. The summed E-state index contributed by atoms with van der Waals surface area (Å²) >= 11 is 0. The summed E-state index contributed by atoms with van der Waals surface area (Å²) in [7, 11) is 1.84.